The molecule has 7 nitrogen and oxygen atoms in total. The predicted molar refractivity (Wildman–Crippen MR) is 95.3 cm³/mol. The Balaban J connectivity index is 1.84. The molecule has 1 amide bonds. The molecule has 8 heteroatoms. The van der Waals surface area contributed by atoms with Gasteiger partial charge in [-0.1, -0.05) is 12.1 Å². The van der Waals surface area contributed by atoms with Gasteiger partial charge in [0.2, 0.25) is 10.0 Å². The van der Waals surface area contributed by atoms with E-state index < -0.39 is 10.0 Å². The number of hydrogen-bond acceptors (Lipinski definition) is 4. The van der Waals surface area contributed by atoms with Crippen molar-refractivity contribution in [2.45, 2.75) is 4.90 Å². The maximum absolute atomic E-state index is 12.3. The zero-order chi connectivity index (χ0) is 17.6. The molecule has 126 valence electrons. The number of carbonyl (C=O) groups is 1. The summed E-state index contributed by atoms with van der Waals surface area (Å²) in [5.74, 6) is -0.265. The number of aromatic nitrogens is 2. The van der Waals surface area contributed by atoms with Crippen molar-refractivity contribution >= 4 is 44.2 Å². The lowest BCUT2D eigenvalue weighted by atomic mass is 10.0. The number of amides is 1. The van der Waals surface area contributed by atoms with Gasteiger partial charge in [0.25, 0.3) is 5.91 Å². The summed E-state index contributed by atoms with van der Waals surface area (Å²) in [6.45, 7) is 0. The van der Waals surface area contributed by atoms with Gasteiger partial charge in [0.1, 0.15) is 0 Å². The Bertz CT molecular complexity index is 1150. The average molecular weight is 354 g/mol. The fourth-order valence-electron chi connectivity index (χ4n) is 2.81. The second kappa shape index (κ2) is 5.54. The number of sulfonamides is 1. The fraction of sp³-hybridized carbons (Fsp3) is 0.0588. The first kappa shape index (κ1) is 15.6. The topological polar surface area (TPSA) is 104 Å². The van der Waals surface area contributed by atoms with Crippen LogP contribution in [0.4, 0.5) is 5.69 Å². The molecule has 3 N–H and O–H groups in total. The van der Waals surface area contributed by atoms with Crippen LogP contribution < -0.4 is 10.0 Å². The van der Waals surface area contributed by atoms with Gasteiger partial charge in [-0.15, -0.1) is 0 Å². The van der Waals surface area contributed by atoms with Crippen LogP contribution in [0.5, 0.6) is 0 Å². The van der Waals surface area contributed by atoms with Crippen LogP contribution in [-0.2, 0) is 14.8 Å². The van der Waals surface area contributed by atoms with Crippen molar-refractivity contribution in [2.75, 3.05) is 12.4 Å². The minimum atomic E-state index is -3.58. The van der Waals surface area contributed by atoms with Crippen molar-refractivity contribution in [3.05, 3.63) is 53.7 Å². The van der Waals surface area contributed by atoms with Gasteiger partial charge in [-0.05, 0) is 43.0 Å². The highest BCUT2D eigenvalue weighted by molar-refractivity contribution is 7.89. The van der Waals surface area contributed by atoms with Crippen LogP contribution in [-0.4, -0.2) is 31.6 Å². The summed E-state index contributed by atoms with van der Waals surface area (Å²) in [5, 5.41) is 10.6. The lowest BCUT2D eigenvalue weighted by Crippen LogP contribution is -2.18. The standard InChI is InChI=1S/C17H14N4O3S/c1-18-25(23,24)12-4-5-15-13(8-12)14(17(22)20-15)6-10-2-3-11-9-19-21-16(11)7-10/h2-9,18H,1H3,(H,19,21)(H,20,22)/b14-6-. The van der Waals surface area contributed by atoms with Crippen molar-refractivity contribution in [3.63, 3.8) is 0 Å². The smallest absolute Gasteiger partial charge is 0.256 e. The molecule has 0 saturated carbocycles. The minimum absolute atomic E-state index is 0.111. The van der Waals surface area contributed by atoms with E-state index in [0.29, 0.717) is 16.8 Å². The van der Waals surface area contributed by atoms with Crippen LogP contribution in [0.25, 0.3) is 22.6 Å². The SMILES string of the molecule is CNS(=O)(=O)c1ccc2c(c1)/C(=C/c1ccc3cn[nH]c3c1)C(=O)N2. The van der Waals surface area contributed by atoms with E-state index in [0.717, 1.165) is 16.5 Å². The Morgan fingerprint density at radius 3 is 2.80 bits per heavy atom. The second-order valence-corrected chi connectivity index (χ2v) is 7.53. The Morgan fingerprint density at radius 1 is 1.16 bits per heavy atom. The van der Waals surface area contributed by atoms with Crippen molar-refractivity contribution in [2.24, 2.45) is 0 Å². The maximum atomic E-state index is 12.3. The number of H-pyrrole nitrogens is 1. The zero-order valence-corrected chi connectivity index (χ0v) is 14.0. The normalized spacial score (nSPS) is 15.6. The van der Waals surface area contributed by atoms with E-state index in [1.54, 1.807) is 18.3 Å². The van der Waals surface area contributed by atoms with Crippen molar-refractivity contribution < 1.29 is 13.2 Å². The van der Waals surface area contributed by atoms with Crippen LogP contribution in [0.15, 0.2) is 47.5 Å². The third kappa shape index (κ3) is 2.61. The second-order valence-electron chi connectivity index (χ2n) is 5.64. The molecule has 0 bridgehead atoms. The van der Waals surface area contributed by atoms with Crippen LogP contribution in [0, 0.1) is 0 Å². The largest absolute Gasteiger partial charge is 0.321 e. The van der Waals surface area contributed by atoms with Gasteiger partial charge in [0.15, 0.2) is 0 Å². The van der Waals surface area contributed by atoms with Gasteiger partial charge in [0.05, 0.1) is 16.6 Å². The first-order valence-electron chi connectivity index (χ1n) is 7.52. The number of aromatic amines is 1. The van der Waals surface area contributed by atoms with E-state index in [2.05, 4.69) is 20.2 Å². The number of benzene rings is 2. The first-order chi connectivity index (χ1) is 12.0. The molecule has 0 spiro atoms. The lowest BCUT2D eigenvalue weighted by Gasteiger charge is -2.05. The van der Waals surface area contributed by atoms with E-state index in [1.807, 2.05) is 18.2 Å². The molecule has 2 aromatic carbocycles. The molecule has 4 rings (SSSR count). The molecule has 25 heavy (non-hydrogen) atoms. The summed E-state index contributed by atoms with van der Waals surface area (Å²) >= 11 is 0. The number of nitrogens with zero attached hydrogens (tertiary/aromatic N) is 1. The number of nitrogens with one attached hydrogen (secondary N) is 3. The quantitative estimate of drug-likeness (QED) is 0.626. The lowest BCUT2D eigenvalue weighted by molar-refractivity contribution is -0.110. The number of rotatable bonds is 3. The van der Waals surface area contributed by atoms with Crippen LogP contribution >= 0.6 is 0 Å². The zero-order valence-electron chi connectivity index (χ0n) is 13.2. The van der Waals surface area contributed by atoms with Gasteiger partial charge in [-0.25, -0.2) is 13.1 Å². The summed E-state index contributed by atoms with van der Waals surface area (Å²) in [6, 6.07) is 10.2. The third-order valence-electron chi connectivity index (χ3n) is 4.13. The number of carbonyl (C=O) groups excluding carboxylic acids is 1. The van der Waals surface area contributed by atoms with E-state index >= 15 is 0 Å². The van der Waals surface area contributed by atoms with Crippen molar-refractivity contribution in [1.29, 1.82) is 0 Å². The van der Waals surface area contributed by atoms with E-state index in [9.17, 15) is 13.2 Å². The molecule has 2 heterocycles. The Hall–Kier alpha value is -2.97. The highest BCUT2D eigenvalue weighted by Crippen LogP contribution is 2.35. The number of fused-ring (bicyclic) bond motifs is 2. The molecular weight excluding hydrogens is 340 g/mol. The van der Waals surface area contributed by atoms with Crippen LogP contribution in [0.3, 0.4) is 0 Å². The Labute approximate surface area is 143 Å². The minimum Gasteiger partial charge on any atom is -0.321 e. The first-order valence-corrected chi connectivity index (χ1v) is 9.00. The molecule has 1 aromatic heterocycles. The summed E-state index contributed by atoms with van der Waals surface area (Å²) in [7, 11) is -2.23. The van der Waals surface area contributed by atoms with Gasteiger partial charge in [-0.2, -0.15) is 5.10 Å². The molecular formula is C17H14N4O3S. The van der Waals surface area contributed by atoms with E-state index in [1.165, 1.54) is 19.2 Å². The van der Waals surface area contributed by atoms with Crippen molar-refractivity contribution in [1.82, 2.24) is 14.9 Å². The van der Waals surface area contributed by atoms with Gasteiger partial charge >= 0.3 is 0 Å². The van der Waals surface area contributed by atoms with Crippen molar-refractivity contribution in [3.8, 4) is 0 Å². The summed E-state index contributed by atoms with van der Waals surface area (Å²) in [6.07, 6.45) is 3.45. The molecule has 1 aliphatic heterocycles. The molecule has 0 fully saturated rings. The summed E-state index contributed by atoms with van der Waals surface area (Å²) in [4.78, 5) is 12.4. The van der Waals surface area contributed by atoms with E-state index in [4.69, 9.17) is 0 Å². The monoisotopic (exact) mass is 354 g/mol. The highest BCUT2D eigenvalue weighted by atomic mass is 32.2. The molecule has 0 radical (unpaired) electrons. The molecule has 1 aliphatic rings. The maximum Gasteiger partial charge on any atom is 0.256 e. The van der Waals surface area contributed by atoms with E-state index in [-0.39, 0.29) is 10.8 Å². The number of hydrogen-bond donors (Lipinski definition) is 3. The summed E-state index contributed by atoms with van der Waals surface area (Å²) < 4.78 is 26.3. The van der Waals surface area contributed by atoms with Crippen LogP contribution in [0.1, 0.15) is 11.1 Å². The Morgan fingerprint density at radius 2 is 2.00 bits per heavy atom. The van der Waals surface area contributed by atoms with Gasteiger partial charge in [0, 0.05) is 22.2 Å². The van der Waals surface area contributed by atoms with Gasteiger partial charge < -0.3 is 5.32 Å². The summed E-state index contributed by atoms with van der Waals surface area (Å²) in [5.41, 5.74) is 3.25. The molecule has 0 aliphatic carbocycles. The fourth-order valence-corrected chi connectivity index (χ4v) is 3.56. The highest BCUT2D eigenvalue weighted by Gasteiger charge is 2.26. The molecule has 0 atom stereocenters. The molecule has 3 aromatic rings. The average Bonchev–Trinajstić information content (AvgIpc) is 3.19. The van der Waals surface area contributed by atoms with Gasteiger partial charge in [-0.3, -0.25) is 9.89 Å². The molecule has 0 unspecified atom stereocenters. The molecule has 0 saturated heterocycles. The van der Waals surface area contributed by atoms with Crippen LogP contribution in [0.2, 0.25) is 0 Å². The third-order valence-corrected chi connectivity index (χ3v) is 5.54. The Kier molecular flexibility index (Phi) is 3.45. The number of anilines is 1. The predicted octanol–water partition coefficient (Wildman–Crippen LogP) is 1.96.